The Morgan fingerprint density at radius 3 is 2.38 bits per heavy atom. The molecule has 0 aromatic heterocycles. The summed E-state index contributed by atoms with van der Waals surface area (Å²) in [4.78, 5) is 15.0. The number of nitrogens with zero attached hydrogens (tertiary/aromatic N) is 1. The van der Waals surface area contributed by atoms with Gasteiger partial charge in [-0.2, -0.15) is 0 Å². The second kappa shape index (κ2) is 8.06. The molecule has 180 valence electrons. The van der Waals surface area contributed by atoms with Gasteiger partial charge in [-0.3, -0.25) is 4.79 Å². The third-order valence-electron chi connectivity index (χ3n) is 7.56. The van der Waals surface area contributed by atoms with Gasteiger partial charge in [0.05, 0.1) is 16.9 Å². The molecule has 1 aliphatic carbocycles. The monoisotopic (exact) mass is 469 g/mol. The Balaban J connectivity index is 1.64. The molecule has 2 fully saturated rings. The van der Waals surface area contributed by atoms with Crippen molar-refractivity contribution in [2.24, 2.45) is 5.92 Å². The van der Waals surface area contributed by atoms with Gasteiger partial charge in [0.1, 0.15) is 11.6 Å². The van der Waals surface area contributed by atoms with Gasteiger partial charge < -0.3 is 18.9 Å². The highest BCUT2D eigenvalue weighted by Crippen LogP contribution is 2.43. The number of halogens is 2. The Bertz CT molecular complexity index is 1130. The van der Waals surface area contributed by atoms with E-state index in [1.165, 1.54) is 0 Å². The van der Waals surface area contributed by atoms with Crippen LogP contribution in [0.2, 0.25) is 0 Å². The summed E-state index contributed by atoms with van der Waals surface area (Å²) in [5.41, 5.74) is 0.953. The Morgan fingerprint density at radius 1 is 1.06 bits per heavy atom. The van der Waals surface area contributed by atoms with Crippen molar-refractivity contribution in [2.45, 2.75) is 77.5 Å². The fourth-order valence-electron chi connectivity index (χ4n) is 4.63. The van der Waals surface area contributed by atoms with Gasteiger partial charge in [-0.25, -0.2) is 8.78 Å². The van der Waals surface area contributed by atoms with Crippen LogP contribution in [0.3, 0.4) is 0 Å². The first-order chi connectivity index (χ1) is 16.0. The van der Waals surface area contributed by atoms with Gasteiger partial charge in [0.15, 0.2) is 11.6 Å². The highest BCUT2D eigenvalue weighted by Gasteiger charge is 2.53. The predicted molar refractivity (Wildman–Crippen MR) is 127 cm³/mol. The molecule has 5 nitrogen and oxygen atoms in total. The number of anilines is 1. The van der Waals surface area contributed by atoms with E-state index in [9.17, 15) is 13.6 Å². The van der Waals surface area contributed by atoms with Crippen molar-refractivity contribution in [1.82, 2.24) is 0 Å². The number of rotatable bonds is 4. The lowest BCUT2D eigenvalue weighted by atomic mass is 9.76. The zero-order valence-corrected chi connectivity index (χ0v) is 20.3. The molecule has 3 aliphatic rings. The molecule has 0 radical (unpaired) electrons. The van der Waals surface area contributed by atoms with Crippen LogP contribution in [0.4, 0.5) is 14.5 Å². The van der Waals surface area contributed by atoms with Crippen LogP contribution in [0.5, 0.6) is 11.5 Å². The lowest BCUT2D eigenvalue weighted by Gasteiger charge is -2.37. The lowest BCUT2D eigenvalue weighted by molar-refractivity contribution is -0.120. The fourth-order valence-corrected chi connectivity index (χ4v) is 4.63. The summed E-state index contributed by atoms with van der Waals surface area (Å²) in [6, 6.07) is 6.89. The largest absolute Gasteiger partial charge is 0.498 e. The van der Waals surface area contributed by atoms with Crippen LogP contribution in [0.1, 0.15) is 59.4 Å². The molecule has 1 amide bonds. The standard InChI is InChI=1S/C26H30BF2NO4/c1-15-6-10-18-21(30(15)24(31)16-7-8-16)13-11-19(27-33-25(2,3)26(4,5)34-27)23(18)32-22-14-17(28)9-12-20(22)29/h9,11-16H,6-8,10H2,1-5H3. The Kier molecular flexibility index (Phi) is 5.52. The van der Waals surface area contributed by atoms with Gasteiger partial charge in [-0.05, 0) is 78.5 Å². The summed E-state index contributed by atoms with van der Waals surface area (Å²) in [5.74, 6) is -0.960. The molecule has 2 heterocycles. The molecule has 8 heteroatoms. The highest BCUT2D eigenvalue weighted by molar-refractivity contribution is 6.63. The van der Waals surface area contributed by atoms with Crippen molar-refractivity contribution < 1.29 is 27.6 Å². The number of hydrogen-bond acceptors (Lipinski definition) is 4. The topological polar surface area (TPSA) is 48.0 Å². The van der Waals surface area contributed by atoms with E-state index in [4.69, 9.17) is 14.0 Å². The molecular formula is C26H30BF2NO4. The van der Waals surface area contributed by atoms with Crippen LogP contribution in [0.15, 0.2) is 30.3 Å². The van der Waals surface area contributed by atoms with E-state index in [0.717, 1.165) is 48.7 Å². The van der Waals surface area contributed by atoms with Crippen LogP contribution in [-0.4, -0.2) is 30.3 Å². The molecule has 1 saturated heterocycles. The molecule has 2 aromatic rings. The number of fused-ring (bicyclic) bond motifs is 1. The third kappa shape index (κ3) is 3.91. The summed E-state index contributed by atoms with van der Waals surface area (Å²) in [6.07, 6.45) is 3.17. The first kappa shape index (κ1) is 23.3. The minimum absolute atomic E-state index is 0.0436. The van der Waals surface area contributed by atoms with Crippen molar-refractivity contribution >= 4 is 24.2 Å². The number of hydrogen-bond donors (Lipinski definition) is 0. The van der Waals surface area contributed by atoms with Gasteiger partial charge in [0, 0.05) is 29.1 Å². The second-order valence-electron chi connectivity index (χ2n) is 10.6. The molecular weight excluding hydrogens is 439 g/mol. The zero-order chi connectivity index (χ0) is 24.4. The summed E-state index contributed by atoms with van der Waals surface area (Å²) in [6.45, 7) is 9.86. The first-order valence-electron chi connectivity index (χ1n) is 12.0. The summed E-state index contributed by atoms with van der Waals surface area (Å²) in [7, 11) is -0.756. The minimum Gasteiger partial charge on any atom is -0.454 e. The second-order valence-corrected chi connectivity index (χ2v) is 10.6. The first-order valence-corrected chi connectivity index (χ1v) is 12.0. The van der Waals surface area contributed by atoms with E-state index in [1.54, 1.807) is 0 Å². The molecule has 1 unspecified atom stereocenters. The summed E-state index contributed by atoms with van der Waals surface area (Å²) in [5, 5.41) is 0. The van der Waals surface area contributed by atoms with Crippen molar-refractivity contribution in [3.63, 3.8) is 0 Å². The van der Waals surface area contributed by atoms with E-state index in [2.05, 4.69) is 0 Å². The number of ether oxygens (including phenoxy) is 1. The van der Waals surface area contributed by atoms with Gasteiger partial charge >= 0.3 is 7.12 Å². The van der Waals surface area contributed by atoms with Crippen LogP contribution in [-0.2, 0) is 20.5 Å². The van der Waals surface area contributed by atoms with E-state index in [0.29, 0.717) is 17.6 Å². The van der Waals surface area contributed by atoms with Crippen LogP contribution in [0.25, 0.3) is 0 Å². The normalized spacial score (nSPS) is 23.1. The quantitative estimate of drug-likeness (QED) is 0.583. The van der Waals surface area contributed by atoms with Crippen LogP contribution < -0.4 is 15.1 Å². The van der Waals surface area contributed by atoms with E-state index >= 15 is 0 Å². The maximum Gasteiger partial charge on any atom is 0.498 e. The third-order valence-corrected chi connectivity index (χ3v) is 7.56. The van der Waals surface area contributed by atoms with E-state index < -0.39 is 30.0 Å². The van der Waals surface area contributed by atoms with Gasteiger partial charge in [0.2, 0.25) is 5.91 Å². The number of carbonyl (C=O) groups is 1. The van der Waals surface area contributed by atoms with Crippen molar-refractivity contribution in [2.75, 3.05) is 4.90 Å². The average molecular weight is 469 g/mol. The molecule has 2 aliphatic heterocycles. The summed E-state index contributed by atoms with van der Waals surface area (Å²) < 4.78 is 47.2. The molecule has 34 heavy (non-hydrogen) atoms. The summed E-state index contributed by atoms with van der Waals surface area (Å²) >= 11 is 0. The average Bonchev–Trinajstić information content (AvgIpc) is 3.57. The molecule has 5 rings (SSSR count). The Hall–Kier alpha value is -2.45. The molecule has 2 aromatic carbocycles. The number of benzene rings is 2. The van der Waals surface area contributed by atoms with Crippen LogP contribution in [0, 0.1) is 17.6 Å². The fraction of sp³-hybridized carbons (Fsp3) is 0.500. The molecule has 1 saturated carbocycles. The van der Waals surface area contributed by atoms with Gasteiger partial charge in [-0.1, -0.05) is 6.07 Å². The van der Waals surface area contributed by atoms with Crippen molar-refractivity contribution in [3.05, 3.63) is 47.5 Å². The zero-order valence-electron chi connectivity index (χ0n) is 20.3. The van der Waals surface area contributed by atoms with E-state index in [-0.39, 0.29) is 23.6 Å². The smallest absolute Gasteiger partial charge is 0.454 e. The highest BCUT2D eigenvalue weighted by atomic mass is 19.1. The Morgan fingerprint density at radius 2 is 1.74 bits per heavy atom. The lowest BCUT2D eigenvalue weighted by Crippen LogP contribution is -2.44. The van der Waals surface area contributed by atoms with Gasteiger partial charge in [0.25, 0.3) is 0 Å². The molecule has 1 atom stereocenters. The van der Waals surface area contributed by atoms with Crippen LogP contribution >= 0.6 is 0 Å². The maximum atomic E-state index is 14.6. The Labute approximate surface area is 199 Å². The number of carbonyl (C=O) groups excluding carboxylic acids is 1. The van der Waals surface area contributed by atoms with Crippen molar-refractivity contribution in [3.8, 4) is 11.5 Å². The predicted octanol–water partition coefficient (Wildman–Crippen LogP) is 5.13. The van der Waals surface area contributed by atoms with Gasteiger partial charge in [-0.15, -0.1) is 0 Å². The van der Waals surface area contributed by atoms with E-state index in [1.807, 2.05) is 51.7 Å². The number of amides is 1. The molecule has 0 bridgehead atoms. The molecule has 0 N–H and O–H groups in total. The maximum absolute atomic E-state index is 14.6. The SMILES string of the molecule is CC1CCc2c(ccc(B3OC(C)(C)C(C)(C)O3)c2Oc2cc(F)ccc2F)N1C(=O)C1CC1. The minimum atomic E-state index is -0.756. The van der Waals surface area contributed by atoms with Crippen molar-refractivity contribution in [1.29, 1.82) is 0 Å². The molecule has 0 spiro atoms.